The normalized spacial score (nSPS) is 19.6. The number of anilines is 1. The summed E-state index contributed by atoms with van der Waals surface area (Å²) >= 11 is 0. The SMILES string of the molecule is N#Cc1ccccc1N1CCCCC1CCON. The van der Waals surface area contributed by atoms with Gasteiger partial charge in [0.1, 0.15) is 6.07 Å². The van der Waals surface area contributed by atoms with Crippen molar-refractivity contribution in [2.45, 2.75) is 31.7 Å². The molecule has 0 radical (unpaired) electrons. The van der Waals surface area contributed by atoms with Gasteiger partial charge in [0.2, 0.25) is 0 Å². The first-order valence-electron chi connectivity index (χ1n) is 6.44. The van der Waals surface area contributed by atoms with E-state index in [0.29, 0.717) is 12.6 Å². The molecule has 1 aromatic carbocycles. The van der Waals surface area contributed by atoms with Gasteiger partial charge in [-0.05, 0) is 37.8 Å². The summed E-state index contributed by atoms with van der Waals surface area (Å²) in [5.41, 5.74) is 1.79. The summed E-state index contributed by atoms with van der Waals surface area (Å²) in [6.45, 7) is 1.57. The quantitative estimate of drug-likeness (QED) is 0.826. The summed E-state index contributed by atoms with van der Waals surface area (Å²) in [4.78, 5) is 7.03. The predicted octanol–water partition coefficient (Wildman–Crippen LogP) is 2.20. The van der Waals surface area contributed by atoms with Crippen molar-refractivity contribution in [1.82, 2.24) is 0 Å². The first-order valence-corrected chi connectivity index (χ1v) is 6.44. The highest BCUT2D eigenvalue weighted by Gasteiger charge is 2.23. The van der Waals surface area contributed by atoms with Crippen molar-refractivity contribution in [1.29, 1.82) is 5.26 Å². The van der Waals surface area contributed by atoms with Crippen molar-refractivity contribution < 1.29 is 4.84 Å². The third kappa shape index (κ3) is 2.81. The Labute approximate surface area is 108 Å². The van der Waals surface area contributed by atoms with E-state index < -0.39 is 0 Å². The number of hydrogen-bond donors (Lipinski definition) is 1. The lowest BCUT2D eigenvalue weighted by Gasteiger charge is -2.38. The maximum atomic E-state index is 9.19. The Balaban J connectivity index is 2.20. The van der Waals surface area contributed by atoms with Crippen molar-refractivity contribution in [3.05, 3.63) is 29.8 Å². The second-order valence-electron chi connectivity index (χ2n) is 4.63. The summed E-state index contributed by atoms with van der Waals surface area (Å²) < 4.78 is 0. The van der Waals surface area contributed by atoms with Crippen molar-refractivity contribution in [2.75, 3.05) is 18.1 Å². The number of nitrogens with zero attached hydrogens (tertiary/aromatic N) is 2. The van der Waals surface area contributed by atoms with Gasteiger partial charge in [0.25, 0.3) is 0 Å². The molecule has 0 spiro atoms. The molecule has 4 nitrogen and oxygen atoms in total. The summed E-state index contributed by atoms with van der Waals surface area (Å²) in [6.07, 6.45) is 4.47. The predicted molar refractivity (Wildman–Crippen MR) is 70.9 cm³/mol. The summed E-state index contributed by atoms with van der Waals surface area (Å²) in [5, 5.41) is 9.19. The summed E-state index contributed by atoms with van der Waals surface area (Å²) in [5.74, 6) is 5.12. The minimum Gasteiger partial charge on any atom is -0.367 e. The fraction of sp³-hybridized carbons (Fsp3) is 0.500. The lowest BCUT2D eigenvalue weighted by Crippen LogP contribution is -2.40. The summed E-state index contributed by atoms with van der Waals surface area (Å²) in [6, 6.07) is 10.5. The van der Waals surface area contributed by atoms with Gasteiger partial charge in [-0.15, -0.1) is 0 Å². The van der Waals surface area contributed by atoms with Crippen LogP contribution in [0.5, 0.6) is 0 Å². The van der Waals surface area contributed by atoms with Crippen LogP contribution in [0.2, 0.25) is 0 Å². The number of para-hydroxylation sites is 1. The van der Waals surface area contributed by atoms with E-state index in [4.69, 9.17) is 10.7 Å². The fourth-order valence-electron chi connectivity index (χ4n) is 2.64. The Morgan fingerprint density at radius 3 is 3.00 bits per heavy atom. The molecule has 1 saturated heterocycles. The van der Waals surface area contributed by atoms with Crippen LogP contribution in [0.4, 0.5) is 5.69 Å². The zero-order chi connectivity index (χ0) is 12.8. The molecule has 96 valence electrons. The van der Waals surface area contributed by atoms with E-state index >= 15 is 0 Å². The molecule has 1 aliphatic heterocycles. The number of rotatable bonds is 4. The fourth-order valence-corrected chi connectivity index (χ4v) is 2.64. The number of piperidine rings is 1. The molecule has 1 aromatic rings. The number of benzene rings is 1. The van der Waals surface area contributed by atoms with E-state index in [0.717, 1.165) is 30.6 Å². The number of nitriles is 1. The molecule has 1 fully saturated rings. The van der Waals surface area contributed by atoms with Crippen molar-refractivity contribution in [3.8, 4) is 6.07 Å². The molecule has 1 atom stereocenters. The molecular formula is C14H19N3O. The van der Waals surface area contributed by atoms with Crippen molar-refractivity contribution in [2.24, 2.45) is 5.90 Å². The molecule has 18 heavy (non-hydrogen) atoms. The minimum absolute atomic E-state index is 0.428. The van der Waals surface area contributed by atoms with Gasteiger partial charge in [0.05, 0.1) is 17.9 Å². The molecule has 0 amide bonds. The van der Waals surface area contributed by atoms with Gasteiger partial charge < -0.3 is 9.74 Å². The maximum absolute atomic E-state index is 9.19. The minimum atomic E-state index is 0.428. The van der Waals surface area contributed by atoms with Crippen LogP contribution in [0.15, 0.2) is 24.3 Å². The van der Waals surface area contributed by atoms with E-state index in [-0.39, 0.29) is 0 Å². The lowest BCUT2D eigenvalue weighted by atomic mass is 9.97. The number of hydrogen-bond acceptors (Lipinski definition) is 4. The van der Waals surface area contributed by atoms with Crippen LogP contribution < -0.4 is 10.8 Å². The molecule has 2 rings (SSSR count). The van der Waals surface area contributed by atoms with Crippen LogP contribution in [-0.4, -0.2) is 19.2 Å². The molecular weight excluding hydrogens is 226 g/mol. The van der Waals surface area contributed by atoms with Gasteiger partial charge in [-0.2, -0.15) is 5.26 Å². The molecule has 2 N–H and O–H groups in total. The van der Waals surface area contributed by atoms with E-state index in [2.05, 4.69) is 11.0 Å². The van der Waals surface area contributed by atoms with Gasteiger partial charge in [-0.25, -0.2) is 5.90 Å². The van der Waals surface area contributed by atoms with Gasteiger partial charge in [0.15, 0.2) is 0 Å². The van der Waals surface area contributed by atoms with E-state index in [1.807, 2.05) is 24.3 Å². The van der Waals surface area contributed by atoms with E-state index in [1.54, 1.807) is 0 Å². The summed E-state index contributed by atoms with van der Waals surface area (Å²) in [7, 11) is 0. The Morgan fingerprint density at radius 1 is 1.39 bits per heavy atom. The molecule has 0 aliphatic carbocycles. The standard InChI is InChI=1S/C14H19N3O/c15-11-12-5-1-2-7-14(12)17-9-4-3-6-13(17)8-10-18-16/h1-2,5,7,13H,3-4,6,8-10,16H2. The first kappa shape index (κ1) is 12.9. The zero-order valence-corrected chi connectivity index (χ0v) is 10.5. The molecule has 1 unspecified atom stereocenters. The van der Waals surface area contributed by atoms with Crippen LogP contribution in [0.25, 0.3) is 0 Å². The van der Waals surface area contributed by atoms with Crippen LogP contribution in [0.1, 0.15) is 31.2 Å². The zero-order valence-electron chi connectivity index (χ0n) is 10.5. The second kappa shape index (κ2) is 6.39. The molecule has 0 aromatic heterocycles. The Morgan fingerprint density at radius 2 is 2.22 bits per heavy atom. The molecule has 0 bridgehead atoms. The van der Waals surface area contributed by atoms with Crippen molar-refractivity contribution in [3.63, 3.8) is 0 Å². The monoisotopic (exact) mass is 245 g/mol. The van der Waals surface area contributed by atoms with Crippen molar-refractivity contribution >= 4 is 5.69 Å². The highest BCUT2D eigenvalue weighted by Crippen LogP contribution is 2.28. The average molecular weight is 245 g/mol. The lowest BCUT2D eigenvalue weighted by molar-refractivity contribution is 0.127. The second-order valence-corrected chi connectivity index (χ2v) is 4.63. The first-order chi connectivity index (χ1) is 8.86. The Kier molecular flexibility index (Phi) is 4.57. The van der Waals surface area contributed by atoms with Gasteiger partial charge >= 0.3 is 0 Å². The average Bonchev–Trinajstić information content (AvgIpc) is 2.45. The van der Waals surface area contributed by atoms with Gasteiger partial charge in [-0.1, -0.05) is 12.1 Å². The van der Waals surface area contributed by atoms with Gasteiger partial charge in [0, 0.05) is 12.6 Å². The molecule has 1 aliphatic rings. The molecule has 0 saturated carbocycles. The Hall–Kier alpha value is -1.57. The topological polar surface area (TPSA) is 62.3 Å². The highest BCUT2D eigenvalue weighted by atomic mass is 16.6. The van der Waals surface area contributed by atoms with Crippen LogP contribution in [0.3, 0.4) is 0 Å². The Bertz CT molecular complexity index is 427. The highest BCUT2D eigenvalue weighted by molar-refractivity contribution is 5.60. The smallest absolute Gasteiger partial charge is 0.101 e. The van der Waals surface area contributed by atoms with Crippen LogP contribution in [-0.2, 0) is 4.84 Å². The van der Waals surface area contributed by atoms with Crippen LogP contribution in [0, 0.1) is 11.3 Å². The van der Waals surface area contributed by atoms with Crippen LogP contribution >= 0.6 is 0 Å². The third-order valence-electron chi connectivity index (χ3n) is 3.53. The number of nitrogens with two attached hydrogens (primary N) is 1. The van der Waals surface area contributed by atoms with E-state index in [1.165, 1.54) is 12.8 Å². The third-order valence-corrected chi connectivity index (χ3v) is 3.53. The van der Waals surface area contributed by atoms with Gasteiger partial charge in [-0.3, -0.25) is 0 Å². The maximum Gasteiger partial charge on any atom is 0.101 e. The largest absolute Gasteiger partial charge is 0.367 e. The molecule has 1 heterocycles. The molecule has 4 heteroatoms. The van der Waals surface area contributed by atoms with E-state index in [9.17, 15) is 5.26 Å².